The summed E-state index contributed by atoms with van der Waals surface area (Å²) in [6, 6.07) is 1.69. The summed E-state index contributed by atoms with van der Waals surface area (Å²) in [4.78, 5) is 20.2. The lowest BCUT2D eigenvalue weighted by Gasteiger charge is -2.09. The number of rotatable bonds is 7. The molecular weight excluding hydrogens is 244 g/mol. The number of hydrazine groups is 1. The molecule has 1 aromatic heterocycles. The minimum atomic E-state index is -0.0457. The van der Waals surface area contributed by atoms with Crippen LogP contribution in [0.25, 0.3) is 0 Å². The fourth-order valence-electron chi connectivity index (χ4n) is 1.65. The number of hydrogen-bond donors (Lipinski definition) is 4. The largest absolute Gasteiger partial charge is 0.361 e. The van der Waals surface area contributed by atoms with E-state index in [1.165, 1.54) is 0 Å². The molecule has 1 heterocycles. The molecule has 0 spiro atoms. The highest BCUT2D eigenvalue weighted by Gasteiger charge is 2.27. The van der Waals surface area contributed by atoms with Gasteiger partial charge in [0.05, 0.1) is 6.54 Å². The van der Waals surface area contributed by atoms with E-state index >= 15 is 0 Å². The summed E-state index contributed by atoms with van der Waals surface area (Å²) in [5.41, 5.74) is 2.52. The summed E-state index contributed by atoms with van der Waals surface area (Å²) in [5.74, 6) is 7.74. The molecule has 1 aromatic rings. The smallest absolute Gasteiger partial charge is 0.239 e. The highest BCUT2D eigenvalue weighted by Crippen LogP contribution is 2.38. The number of nitrogens with one attached hydrogen (secondary N) is 3. The van der Waals surface area contributed by atoms with Crippen LogP contribution in [0, 0.1) is 0 Å². The monoisotopic (exact) mass is 264 g/mol. The lowest BCUT2D eigenvalue weighted by molar-refractivity contribution is -0.119. The maximum Gasteiger partial charge on any atom is 0.239 e. The Bertz CT molecular complexity index is 446. The molecule has 104 valence electrons. The molecule has 0 atom stereocenters. The first-order valence-corrected chi connectivity index (χ1v) is 6.59. The lowest BCUT2D eigenvalue weighted by Crippen LogP contribution is -2.30. The molecule has 0 radical (unpaired) electrons. The zero-order valence-corrected chi connectivity index (χ0v) is 11.1. The van der Waals surface area contributed by atoms with Crippen LogP contribution in [-0.4, -0.2) is 29.0 Å². The standard InChI is InChI=1S/C12H20N6O/c1-2-5-14-11(19)7-15-9-6-10(18-13)17-12(16-9)8-3-4-8/h6,8H,2-5,7,13H2,1H3,(H,14,19)(H2,15,16,17,18). The molecule has 0 saturated heterocycles. The summed E-state index contributed by atoms with van der Waals surface area (Å²) >= 11 is 0. The van der Waals surface area contributed by atoms with Gasteiger partial charge in [0.1, 0.15) is 17.5 Å². The van der Waals surface area contributed by atoms with Gasteiger partial charge in [-0.25, -0.2) is 15.8 Å². The van der Waals surface area contributed by atoms with Gasteiger partial charge in [-0.2, -0.15) is 0 Å². The number of nitrogens with two attached hydrogens (primary N) is 1. The number of nitrogen functional groups attached to an aromatic ring is 1. The zero-order chi connectivity index (χ0) is 13.7. The van der Waals surface area contributed by atoms with E-state index in [0.29, 0.717) is 24.1 Å². The van der Waals surface area contributed by atoms with Gasteiger partial charge in [-0.3, -0.25) is 4.79 Å². The molecule has 0 aromatic carbocycles. The van der Waals surface area contributed by atoms with Crippen molar-refractivity contribution < 1.29 is 4.79 Å². The fraction of sp³-hybridized carbons (Fsp3) is 0.583. The third-order valence-electron chi connectivity index (χ3n) is 2.84. The molecule has 1 saturated carbocycles. The van der Waals surface area contributed by atoms with Crippen LogP contribution >= 0.6 is 0 Å². The van der Waals surface area contributed by atoms with Crippen molar-refractivity contribution in [2.45, 2.75) is 32.1 Å². The van der Waals surface area contributed by atoms with E-state index in [2.05, 4.69) is 26.0 Å². The van der Waals surface area contributed by atoms with Crippen LogP contribution in [0.5, 0.6) is 0 Å². The van der Waals surface area contributed by atoms with Gasteiger partial charge in [-0.15, -0.1) is 0 Å². The molecule has 5 N–H and O–H groups in total. The second-order valence-corrected chi connectivity index (χ2v) is 4.62. The number of carbonyl (C=O) groups is 1. The summed E-state index contributed by atoms with van der Waals surface area (Å²) in [6.07, 6.45) is 3.15. The highest BCUT2D eigenvalue weighted by molar-refractivity contribution is 5.80. The van der Waals surface area contributed by atoms with Crippen molar-refractivity contribution >= 4 is 17.5 Å². The number of nitrogens with zero attached hydrogens (tertiary/aromatic N) is 2. The fourth-order valence-corrected chi connectivity index (χ4v) is 1.65. The summed E-state index contributed by atoms with van der Waals surface area (Å²) < 4.78 is 0. The van der Waals surface area contributed by atoms with Crippen LogP contribution in [0.3, 0.4) is 0 Å². The quantitative estimate of drug-likeness (QED) is 0.424. The van der Waals surface area contributed by atoms with Crippen LogP contribution < -0.4 is 21.9 Å². The Morgan fingerprint density at radius 3 is 2.79 bits per heavy atom. The summed E-state index contributed by atoms with van der Waals surface area (Å²) in [6.45, 7) is 2.90. The molecule has 0 aliphatic heterocycles. The van der Waals surface area contributed by atoms with E-state index in [9.17, 15) is 4.79 Å². The van der Waals surface area contributed by atoms with Crippen LogP contribution in [0.2, 0.25) is 0 Å². The Morgan fingerprint density at radius 1 is 1.42 bits per heavy atom. The zero-order valence-electron chi connectivity index (χ0n) is 11.1. The van der Waals surface area contributed by atoms with Crippen molar-refractivity contribution in [2.24, 2.45) is 5.84 Å². The summed E-state index contributed by atoms with van der Waals surface area (Å²) in [7, 11) is 0. The summed E-state index contributed by atoms with van der Waals surface area (Å²) in [5, 5.41) is 5.79. The molecule has 7 nitrogen and oxygen atoms in total. The molecule has 19 heavy (non-hydrogen) atoms. The normalized spacial score (nSPS) is 14.0. The van der Waals surface area contributed by atoms with Crippen molar-refractivity contribution in [1.82, 2.24) is 15.3 Å². The third kappa shape index (κ3) is 4.06. The van der Waals surface area contributed by atoms with Crippen LogP contribution in [0.15, 0.2) is 6.07 Å². The Morgan fingerprint density at radius 2 is 2.16 bits per heavy atom. The van der Waals surface area contributed by atoms with E-state index in [1.54, 1.807) is 6.07 Å². The molecule has 0 unspecified atom stereocenters. The van der Waals surface area contributed by atoms with E-state index in [1.807, 2.05) is 6.92 Å². The van der Waals surface area contributed by atoms with Crippen molar-refractivity contribution in [3.63, 3.8) is 0 Å². The van der Waals surface area contributed by atoms with E-state index < -0.39 is 0 Å². The van der Waals surface area contributed by atoms with Crippen molar-refractivity contribution in [2.75, 3.05) is 23.8 Å². The maximum atomic E-state index is 11.5. The minimum absolute atomic E-state index is 0.0457. The van der Waals surface area contributed by atoms with E-state index in [-0.39, 0.29) is 12.5 Å². The average molecular weight is 264 g/mol. The first kappa shape index (κ1) is 13.5. The molecule has 2 rings (SSSR count). The second-order valence-electron chi connectivity index (χ2n) is 4.62. The van der Waals surface area contributed by atoms with Gasteiger partial charge in [0.15, 0.2) is 0 Å². The van der Waals surface area contributed by atoms with Gasteiger partial charge < -0.3 is 16.1 Å². The number of carbonyl (C=O) groups excluding carboxylic acids is 1. The third-order valence-corrected chi connectivity index (χ3v) is 2.84. The molecule has 1 aliphatic rings. The average Bonchev–Trinajstić information content (AvgIpc) is 3.27. The molecular formula is C12H20N6O. The predicted molar refractivity (Wildman–Crippen MR) is 73.6 cm³/mol. The van der Waals surface area contributed by atoms with Gasteiger partial charge in [-0.05, 0) is 19.3 Å². The number of amides is 1. The maximum absolute atomic E-state index is 11.5. The number of anilines is 2. The first-order chi connectivity index (χ1) is 9.22. The first-order valence-electron chi connectivity index (χ1n) is 6.59. The van der Waals surface area contributed by atoms with Gasteiger partial charge in [0.2, 0.25) is 5.91 Å². The lowest BCUT2D eigenvalue weighted by atomic mass is 10.3. The Kier molecular flexibility index (Phi) is 4.51. The van der Waals surface area contributed by atoms with E-state index in [4.69, 9.17) is 5.84 Å². The SMILES string of the molecule is CCCNC(=O)CNc1cc(NN)nc(C2CC2)n1. The Balaban J connectivity index is 1.95. The molecule has 1 amide bonds. The predicted octanol–water partition coefficient (Wildman–Crippen LogP) is 0.578. The van der Waals surface area contributed by atoms with Crippen molar-refractivity contribution in [3.8, 4) is 0 Å². The van der Waals surface area contributed by atoms with Gasteiger partial charge in [-0.1, -0.05) is 6.92 Å². The van der Waals surface area contributed by atoms with Gasteiger partial charge in [0.25, 0.3) is 0 Å². The molecule has 0 bridgehead atoms. The minimum Gasteiger partial charge on any atom is -0.361 e. The van der Waals surface area contributed by atoms with Gasteiger partial charge >= 0.3 is 0 Å². The number of hydrogen-bond acceptors (Lipinski definition) is 6. The van der Waals surface area contributed by atoms with Gasteiger partial charge in [0, 0.05) is 18.5 Å². The molecule has 1 aliphatic carbocycles. The highest BCUT2D eigenvalue weighted by atomic mass is 16.1. The van der Waals surface area contributed by atoms with Crippen molar-refractivity contribution in [3.05, 3.63) is 11.9 Å². The Labute approximate surface area is 112 Å². The second kappa shape index (κ2) is 6.33. The topological polar surface area (TPSA) is 105 Å². The van der Waals surface area contributed by atoms with Crippen molar-refractivity contribution in [1.29, 1.82) is 0 Å². The molecule has 7 heteroatoms. The van der Waals surface area contributed by atoms with Crippen LogP contribution in [0.1, 0.15) is 37.9 Å². The molecule has 1 fully saturated rings. The van der Waals surface area contributed by atoms with Crippen LogP contribution in [-0.2, 0) is 4.79 Å². The van der Waals surface area contributed by atoms with Crippen LogP contribution in [0.4, 0.5) is 11.6 Å². The number of aromatic nitrogens is 2. The van der Waals surface area contributed by atoms with E-state index in [0.717, 1.165) is 25.1 Å². The Hall–Kier alpha value is -1.89.